The summed E-state index contributed by atoms with van der Waals surface area (Å²) in [5.74, 6) is 0.345. The lowest BCUT2D eigenvalue weighted by Gasteiger charge is -2.22. The van der Waals surface area contributed by atoms with E-state index < -0.39 is 11.9 Å². The number of halogens is 1. The molecule has 0 aliphatic rings. The standard InChI is InChI=1S/C20H18FN5O3/c1-13(2)23-19-22-12-11-18(24-19)26(16-7-3-14(21)4-8-16)20(27)29-17-9-5-15(25-28)6-10-17/h3-13H,1-2H3,(H,22,23,24). The maximum absolute atomic E-state index is 13.4. The van der Waals surface area contributed by atoms with Gasteiger partial charge in [-0.15, -0.1) is 4.91 Å². The van der Waals surface area contributed by atoms with E-state index in [9.17, 15) is 14.1 Å². The number of rotatable bonds is 6. The largest absolute Gasteiger partial charge is 0.425 e. The molecule has 0 bridgehead atoms. The van der Waals surface area contributed by atoms with Crippen molar-refractivity contribution in [2.45, 2.75) is 19.9 Å². The first-order valence-corrected chi connectivity index (χ1v) is 8.77. The predicted molar refractivity (Wildman–Crippen MR) is 107 cm³/mol. The van der Waals surface area contributed by atoms with Crippen LogP contribution in [0.15, 0.2) is 66.0 Å². The first-order chi connectivity index (χ1) is 14.0. The lowest BCUT2D eigenvalue weighted by Crippen LogP contribution is -2.30. The van der Waals surface area contributed by atoms with Crippen molar-refractivity contribution in [2.24, 2.45) is 5.18 Å². The van der Waals surface area contributed by atoms with Crippen LogP contribution in [0.4, 0.5) is 32.3 Å². The molecule has 0 unspecified atom stereocenters. The number of amides is 1. The summed E-state index contributed by atoms with van der Waals surface area (Å²) in [5.41, 5.74) is 0.567. The van der Waals surface area contributed by atoms with Crippen molar-refractivity contribution >= 4 is 29.2 Å². The van der Waals surface area contributed by atoms with E-state index in [1.807, 2.05) is 13.8 Å². The monoisotopic (exact) mass is 395 g/mol. The molecule has 29 heavy (non-hydrogen) atoms. The number of carbonyl (C=O) groups excluding carboxylic acids is 1. The molecule has 1 amide bonds. The Hall–Kier alpha value is -3.88. The molecule has 0 saturated heterocycles. The second kappa shape index (κ2) is 8.87. The Labute approximate surface area is 166 Å². The van der Waals surface area contributed by atoms with Gasteiger partial charge in [-0.2, -0.15) is 4.98 Å². The smallest absolute Gasteiger partial charge is 0.410 e. The second-order valence-corrected chi connectivity index (χ2v) is 6.30. The fraction of sp³-hybridized carbons (Fsp3) is 0.150. The van der Waals surface area contributed by atoms with Gasteiger partial charge >= 0.3 is 6.09 Å². The van der Waals surface area contributed by atoms with Crippen molar-refractivity contribution < 1.29 is 13.9 Å². The third-order valence-corrected chi connectivity index (χ3v) is 3.70. The van der Waals surface area contributed by atoms with Crippen LogP contribution in [0.25, 0.3) is 0 Å². The average Bonchev–Trinajstić information content (AvgIpc) is 2.70. The molecule has 8 nitrogen and oxygen atoms in total. The molecule has 0 spiro atoms. The minimum Gasteiger partial charge on any atom is -0.410 e. The molecule has 0 aliphatic carbocycles. The zero-order chi connectivity index (χ0) is 20.8. The van der Waals surface area contributed by atoms with Gasteiger partial charge in [-0.25, -0.2) is 19.1 Å². The summed E-state index contributed by atoms with van der Waals surface area (Å²) in [6, 6.07) is 12.7. The normalized spacial score (nSPS) is 10.5. The third kappa shape index (κ3) is 5.10. The van der Waals surface area contributed by atoms with Crippen molar-refractivity contribution in [1.29, 1.82) is 0 Å². The molecular weight excluding hydrogens is 377 g/mol. The van der Waals surface area contributed by atoms with Gasteiger partial charge in [0.1, 0.15) is 23.1 Å². The van der Waals surface area contributed by atoms with E-state index in [-0.39, 0.29) is 23.3 Å². The molecule has 0 atom stereocenters. The maximum Gasteiger partial charge on any atom is 0.425 e. The summed E-state index contributed by atoms with van der Waals surface area (Å²) in [6.45, 7) is 3.86. The van der Waals surface area contributed by atoms with Crippen LogP contribution in [-0.2, 0) is 0 Å². The third-order valence-electron chi connectivity index (χ3n) is 3.70. The Morgan fingerprint density at radius 3 is 2.41 bits per heavy atom. The van der Waals surface area contributed by atoms with E-state index in [1.165, 1.54) is 65.7 Å². The number of benzene rings is 2. The van der Waals surface area contributed by atoms with Crippen LogP contribution in [0.5, 0.6) is 5.75 Å². The molecule has 2 aromatic carbocycles. The predicted octanol–water partition coefficient (Wildman–Crippen LogP) is 5.17. The van der Waals surface area contributed by atoms with Crippen LogP contribution in [0, 0.1) is 10.7 Å². The first-order valence-electron chi connectivity index (χ1n) is 8.77. The van der Waals surface area contributed by atoms with E-state index in [0.29, 0.717) is 11.6 Å². The van der Waals surface area contributed by atoms with Gasteiger partial charge in [-0.05, 0) is 67.6 Å². The Morgan fingerprint density at radius 2 is 1.79 bits per heavy atom. The van der Waals surface area contributed by atoms with Gasteiger partial charge in [-0.3, -0.25) is 0 Å². The highest BCUT2D eigenvalue weighted by molar-refractivity contribution is 5.96. The Bertz CT molecular complexity index is 994. The molecule has 1 aromatic heterocycles. The summed E-state index contributed by atoms with van der Waals surface area (Å²) in [4.78, 5) is 33.1. The number of aromatic nitrogens is 2. The Balaban J connectivity index is 1.95. The number of hydrogen-bond donors (Lipinski definition) is 1. The summed E-state index contributed by atoms with van der Waals surface area (Å²) < 4.78 is 18.8. The second-order valence-electron chi connectivity index (χ2n) is 6.30. The van der Waals surface area contributed by atoms with Crippen LogP contribution in [0.3, 0.4) is 0 Å². The summed E-state index contributed by atoms with van der Waals surface area (Å²) in [6.07, 6.45) is 0.735. The fourth-order valence-corrected chi connectivity index (χ4v) is 2.44. The number of nitroso groups, excluding NO2 is 1. The van der Waals surface area contributed by atoms with E-state index in [1.54, 1.807) is 0 Å². The highest BCUT2D eigenvalue weighted by atomic mass is 19.1. The summed E-state index contributed by atoms with van der Waals surface area (Å²) >= 11 is 0. The van der Waals surface area contributed by atoms with Crippen LogP contribution in [0.1, 0.15) is 13.8 Å². The van der Waals surface area contributed by atoms with Crippen molar-refractivity contribution in [1.82, 2.24) is 9.97 Å². The van der Waals surface area contributed by atoms with Crippen molar-refractivity contribution in [3.05, 3.63) is 71.5 Å². The van der Waals surface area contributed by atoms with E-state index >= 15 is 0 Å². The fourth-order valence-electron chi connectivity index (χ4n) is 2.44. The van der Waals surface area contributed by atoms with Crippen LogP contribution in [-0.4, -0.2) is 22.1 Å². The average molecular weight is 395 g/mol. The lowest BCUT2D eigenvalue weighted by atomic mass is 10.3. The van der Waals surface area contributed by atoms with Gasteiger partial charge in [0.15, 0.2) is 0 Å². The van der Waals surface area contributed by atoms with Crippen LogP contribution in [0.2, 0.25) is 0 Å². The number of hydrogen-bond acceptors (Lipinski definition) is 7. The molecular formula is C20H18FN5O3. The number of nitrogens with zero attached hydrogens (tertiary/aromatic N) is 4. The molecule has 148 valence electrons. The quantitative estimate of drug-likeness (QED) is 0.578. The SMILES string of the molecule is CC(C)Nc1nccc(N(C(=O)Oc2ccc(N=O)cc2)c2ccc(F)cc2)n1. The van der Waals surface area contributed by atoms with Gasteiger partial charge in [0.2, 0.25) is 5.95 Å². The maximum atomic E-state index is 13.4. The molecule has 0 radical (unpaired) electrons. The topological polar surface area (TPSA) is 96.8 Å². The molecule has 1 heterocycles. The zero-order valence-electron chi connectivity index (χ0n) is 15.7. The van der Waals surface area contributed by atoms with Crippen LogP contribution < -0.4 is 15.0 Å². The first kappa shape index (κ1) is 19.9. The molecule has 3 aromatic rings. The molecule has 9 heteroatoms. The highest BCUT2D eigenvalue weighted by Crippen LogP contribution is 2.27. The molecule has 0 saturated carbocycles. The van der Waals surface area contributed by atoms with Gasteiger partial charge in [0, 0.05) is 18.3 Å². The van der Waals surface area contributed by atoms with E-state index in [0.717, 1.165) is 0 Å². The number of anilines is 3. The number of nitrogens with one attached hydrogen (secondary N) is 1. The Kier molecular flexibility index (Phi) is 6.08. The highest BCUT2D eigenvalue weighted by Gasteiger charge is 2.22. The molecule has 3 rings (SSSR count). The molecule has 1 N–H and O–H groups in total. The lowest BCUT2D eigenvalue weighted by molar-refractivity contribution is 0.210. The zero-order valence-corrected chi connectivity index (χ0v) is 15.7. The minimum atomic E-state index is -0.766. The van der Waals surface area contributed by atoms with Gasteiger partial charge in [0.25, 0.3) is 0 Å². The summed E-state index contributed by atoms with van der Waals surface area (Å²) in [7, 11) is 0. The van der Waals surface area contributed by atoms with Gasteiger partial charge < -0.3 is 10.1 Å². The van der Waals surface area contributed by atoms with Gasteiger partial charge in [-0.1, -0.05) is 0 Å². The Morgan fingerprint density at radius 1 is 1.10 bits per heavy atom. The van der Waals surface area contributed by atoms with Crippen LogP contribution >= 0.6 is 0 Å². The molecule has 0 aliphatic heterocycles. The van der Waals surface area contributed by atoms with E-state index in [2.05, 4.69) is 20.5 Å². The summed E-state index contributed by atoms with van der Waals surface area (Å²) in [5, 5.41) is 5.86. The minimum absolute atomic E-state index is 0.0846. The van der Waals surface area contributed by atoms with Gasteiger partial charge in [0.05, 0.1) is 5.69 Å². The van der Waals surface area contributed by atoms with E-state index in [4.69, 9.17) is 4.74 Å². The molecule has 0 fully saturated rings. The van der Waals surface area contributed by atoms with Crippen molar-refractivity contribution in [2.75, 3.05) is 10.2 Å². The van der Waals surface area contributed by atoms with Crippen molar-refractivity contribution in [3.8, 4) is 5.75 Å². The number of carbonyl (C=O) groups is 1. The number of ether oxygens (including phenoxy) is 1. The van der Waals surface area contributed by atoms with Crippen molar-refractivity contribution in [3.63, 3.8) is 0 Å².